The first-order chi connectivity index (χ1) is 14.1. The summed E-state index contributed by atoms with van der Waals surface area (Å²) in [7, 11) is 0. The van der Waals surface area contributed by atoms with Gasteiger partial charge >= 0.3 is 5.97 Å². The smallest absolute Gasteiger partial charge is 0.335 e. The van der Waals surface area contributed by atoms with Crippen LogP contribution in [-0.4, -0.2) is 65.1 Å². The van der Waals surface area contributed by atoms with Gasteiger partial charge in [0.2, 0.25) is 11.8 Å². The van der Waals surface area contributed by atoms with E-state index in [4.69, 9.17) is 9.57 Å². The van der Waals surface area contributed by atoms with Gasteiger partial charge in [0.05, 0.1) is 19.6 Å². The molecule has 2 unspecified atom stereocenters. The summed E-state index contributed by atoms with van der Waals surface area (Å²) in [4.78, 5) is 76.9. The average Bonchev–Trinajstić information content (AvgIpc) is 3.08. The van der Waals surface area contributed by atoms with Crippen LogP contribution in [0.5, 0.6) is 0 Å². The molecule has 2 aliphatic heterocycles. The summed E-state index contributed by atoms with van der Waals surface area (Å²) >= 11 is 0. The predicted octanol–water partition coefficient (Wildman–Crippen LogP) is 0.627. The average molecular weight is 424 g/mol. The summed E-state index contributed by atoms with van der Waals surface area (Å²) in [5, 5.41) is 0.496. The standard InChI is InChI=1S/C20H28N2O8/c1-12(2)15-10-16(24)21(20(15)28)11-14(23)5-4-7-29-8-6-18(26)30-22-17(25)9-13(3)19(22)27/h12-13,15H,4-11H2,1-3H3. The minimum atomic E-state index is -0.757. The van der Waals surface area contributed by atoms with Crippen molar-refractivity contribution in [2.45, 2.75) is 52.9 Å². The van der Waals surface area contributed by atoms with Crippen molar-refractivity contribution in [1.29, 1.82) is 0 Å². The number of hydrogen-bond donors (Lipinski definition) is 0. The molecule has 0 bridgehead atoms. The lowest BCUT2D eigenvalue weighted by atomic mass is 9.94. The van der Waals surface area contributed by atoms with Crippen molar-refractivity contribution < 1.29 is 38.3 Å². The minimum absolute atomic E-state index is 0.0119. The summed E-state index contributed by atoms with van der Waals surface area (Å²) in [6.45, 7) is 5.32. The number of nitrogens with zero attached hydrogens (tertiary/aromatic N) is 2. The first kappa shape index (κ1) is 23.7. The number of carbonyl (C=O) groups is 6. The molecule has 0 aromatic rings. The second kappa shape index (κ2) is 10.4. The van der Waals surface area contributed by atoms with E-state index >= 15 is 0 Å². The molecule has 166 valence electrons. The molecule has 0 aliphatic carbocycles. The maximum Gasteiger partial charge on any atom is 0.335 e. The molecule has 0 aromatic carbocycles. The number of imide groups is 2. The van der Waals surface area contributed by atoms with Crippen LogP contribution >= 0.6 is 0 Å². The van der Waals surface area contributed by atoms with Gasteiger partial charge in [-0.05, 0) is 12.3 Å². The molecule has 0 radical (unpaired) electrons. The molecule has 2 fully saturated rings. The van der Waals surface area contributed by atoms with Gasteiger partial charge in [-0.2, -0.15) is 0 Å². The molecule has 30 heavy (non-hydrogen) atoms. The number of ketones is 1. The molecular weight excluding hydrogens is 396 g/mol. The first-order valence-corrected chi connectivity index (χ1v) is 10.1. The van der Waals surface area contributed by atoms with E-state index in [2.05, 4.69) is 0 Å². The Morgan fingerprint density at radius 2 is 1.70 bits per heavy atom. The van der Waals surface area contributed by atoms with Crippen LogP contribution < -0.4 is 0 Å². The predicted molar refractivity (Wildman–Crippen MR) is 101 cm³/mol. The lowest BCUT2D eigenvalue weighted by Crippen LogP contribution is -2.36. The fourth-order valence-electron chi connectivity index (χ4n) is 3.28. The Labute approximate surface area is 174 Å². The van der Waals surface area contributed by atoms with E-state index in [9.17, 15) is 28.8 Å². The van der Waals surface area contributed by atoms with Crippen LogP contribution in [0.2, 0.25) is 0 Å². The fraction of sp³-hybridized carbons (Fsp3) is 0.700. The summed E-state index contributed by atoms with van der Waals surface area (Å²) < 4.78 is 5.27. The van der Waals surface area contributed by atoms with Crippen molar-refractivity contribution in [3.05, 3.63) is 0 Å². The van der Waals surface area contributed by atoms with Gasteiger partial charge in [-0.3, -0.25) is 28.9 Å². The van der Waals surface area contributed by atoms with Crippen LogP contribution in [0.1, 0.15) is 52.9 Å². The second-order valence-corrected chi connectivity index (χ2v) is 7.97. The molecule has 4 amide bonds. The van der Waals surface area contributed by atoms with Crippen molar-refractivity contribution >= 4 is 35.4 Å². The number of hydrogen-bond acceptors (Lipinski definition) is 8. The highest BCUT2D eigenvalue weighted by Crippen LogP contribution is 2.26. The Bertz CT molecular complexity index is 732. The largest absolute Gasteiger partial charge is 0.381 e. The molecule has 10 nitrogen and oxygen atoms in total. The van der Waals surface area contributed by atoms with Gasteiger partial charge < -0.3 is 9.57 Å². The van der Waals surface area contributed by atoms with Crippen LogP contribution in [-0.2, 0) is 38.3 Å². The fourth-order valence-corrected chi connectivity index (χ4v) is 3.28. The second-order valence-electron chi connectivity index (χ2n) is 7.97. The Morgan fingerprint density at radius 1 is 1.00 bits per heavy atom. The Balaban J connectivity index is 1.58. The zero-order valence-electron chi connectivity index (χ0n) is 17.5. The van der Waals surface area contributed by atoms with E-state index in [1.807, 2.05) is 13.8 Å². The maximum absolute atomic E-state index is 12.2. The third kappa shape index (κ3) is 5.94. The summed E-state index contributed by atoms with van der Waals surface area (Å²) in [5.41, 5.74) is 0. The molecular formula is C20H28N2O8. The molecule has 10 heteroatoms. The number of ether oxygens (including phenoxy) is 1. The topological polar surface area (TPSA) is 127 Å². The quantitative estimate of drug-likeness (QED) is 0.349. The molecule has 0 spiro atoms. The van der Waals surface area contributed by atoms with Crippen LogP contribution in [0.25, 0.3) is 0 Å². The lowest BCUT2D eigenvalue weighted by molar-refractivity contribution is -0.198. The van der Waals surface area contributed by atoms with Crippen LogP contribution in [0, 0.1) is 17.8 Å². The van der Waals surface area contributed by atoms with E-state index < -0.39 is 23.7 Å². The number of likely N-dealkylation sites (tertiary alicyclic amines) is 1. The van der Waals surface area contributed by atoms with Crippen LogP contribution in [0.15, 0.2) is 0 Å². The van der Waals surface area contributed by atoms with E-state index in [0.717, 1.165) is 4.90 Å². The number of Topliss-reactive ketones (excluding diaryl/α,β-unsaturated/α-hetero) is 1. The van der Waals surface area contributed by atoms with Gasteiger partial charge in [0.25, 0.3) is 11.8 Å². The highest BCUT2D eigenvalue weighted by Gasteiger charge is 2.40. The van der Waals surface area contributed by atoms with Crippen molar-refractivity contribution in [2.75, 3.05) is 19.8 Å². The zero-order valence-corrected chi connectivity index (χ0v) is 17.5. The summed E-state index contributed by atoms with van der Waals surface area (Å²) in [6, 6.07) is 0. The monoisotopic (exact) mass is 424 g/mol. The third-order valence-corrected chi connectivity index (χ3v) is 5.13. The summed E-state index contributed by atoms with van der Waals surface area (Å²) in [6.07, 6.45) is 0.535. The van der Waals surface area contributed by atoms with Crippen LogP contribution in [0.3, 0.4) is 0 Å². The molecule has 0 N–H and O–H groups in total. The Morgan fingerprint density at radius 3 is 2.27 bits per heavy atom. The van der Waals surface area contributed by atoms with Gasteiger partial charge in [0, 0.05) is 37.7 Å². The molecule has 0 saturated carbocycles. The van der Waals surface area contributed by atoms with Gasteiger partial charge in [-0.25, -0.2) is 4.79 Å². The van der Waals surface area contributed by atoms with Crippen LogP contribution in [0.4, 0.5) is 0 Å². The molecule has 2 rings (SSSR count). The zero-order chi connectivity index (χ0) is 22.4. The molecule has 0 aromatic heterocycles. The molecule has 2 atom stereocenters. The number of carbonyl (C=O) groups excluding carboxylic acids is 6. The molecule has 2 saturated heterocycles. The third-order valence-electron chi connectivity index (χ3n) is 5.13. The number of amides is 4. The van der Waals surface area contributed by atoms with Gasteiger partial charge in [0.1, 0.15) is 0 Å². The van der Waals surface area contributed by atoms with Gasteiger partial charge in [0.15, 0.2) is 5.78 Å². The normalized spacial score (nSPS) is 21.9. The highest BCUT2D eigenvalue weighted by molar-refractivity contribution is 6.06. The van der Waals surface area contributed by atoms with E-state index in [-0.39, 0.29) is 74.9 Å². The SMILES string of the molecule is CC1CC(=O)N(OC(=O)CCOCCCC(=O)CN2C(=O)CC(C(C)C)C2=O)C1=O. The molecule has 2 aliphatic rings. The van der Waals surface area contributed by atoms with E-state index in [1.165, 1.54) is 0 Å². The minimum Gasteiger partial charge on any atom is -0.381 e. The van der Waals surface area contributed by atoms with Crippen molar-refractivity contribution in [2.24, 2.45) is 17.8 Å². The molecule has 2 heterocycles. The summed E-state index contributed by atoms with van der Waals surface area (Å²) in [5.74, 6) is -3.49. The van der Waals surface area contributed by atoms with Gasteiger partial charge in [-0.1, -0.05) is 20.8 Å². The number of rotatable bonds is 11. The first-order valence-electron chi connectivity index (χ1n) is 10.1. The van der Waals surface area contributed by atoms with E-state index in [0.29, 0.717) is 11.5 Å². The number of hydroxylamine groups is 2. The lowest BCUT2D eigenvalue weighted by Gasteiger charge is -2.15. The van der Waals surface area contributed by atoms with E-state index in [1.54, 1.807) is 6.92 Å². The Kier molecular flexibility index (Phi) is 8.22. The van der Waals surface area contributed by atoms with Crippen molar-refractivity contribution in [3.63, 3.8) is 0 Å². The maximum atomic E-state index is 12.2. The highest BCUT2D eigenvalue weighted by atomic mass is 16.7. The van der Waals surface area contributed by atoms with Crippen molar-refractivity contribution in [1.82, 2.24) is 9.96 Å². The Hall–Kier alpha value is -2.62. The van der Waals surface area contributed by atoms with Gasteiger partial charge in [-0.15, -0.1) is 5.06 Å². The van der Waals surface area contributed by atoms with Crippen molar-refractivity contribution in [3.8, 4) is 0 Å².